The van der Waals surface area contributed by atoms with Crippen molar-refractivity contribution >= 4 is 21.8 Å². The minimum atomic E-state index is 1.09. The second-order valence-electron chi connectivity index (χ2n) is 9.54. The van der Waals surface area contributed by atoms with Crippen molar-refractivity contribution in [1.29, 1.82) is 0 Å². The Labute approximate surface area is 196 Å². The van der Waals surface area contributed by atoms with Crippen LogP contribution in [0, 0.1) is 0 Å². The molecule has 0 aliphatic carbocycles. The van der Waals surface area contributed by atoms with E-state index in [-0.39, 0.29) is 0 Å². The number of pyridine rings is 2. The maximum atomic E-state index is 4.77. The van der Waals surface area contributed by atoms with Gasteiger partial charge in [-0.2, -0.15) is 0 Å². The zero-order valence-electron chi connectivity index (χ0n) is 20.7. The normalized spacial score (nSPS) is 11.6. The molecule has 0 radical (unpaired) electrons. The van der Waals surface area contributed by atoms with Crippen molar-refractivity contribution in [2.45, 2.75) is 117 Å². The van der Waals surface area contributed by atoms with Crippen molar-refractivity contribution < 1.29 is 0 Å². The molecule has 0 bridgehead atoms. The summed E-state index contributed by atoms with van der Waals surface area (Å²) in [6.45, 7) is 4.57. The fourth-order valence-electron chi connectivity index (χ4n) is 4.92. The summed E-state index contributed by atoms with van der Waals surface area (Å²) in [4.78, 5) is 9.53. The number of benzene rings is 1. The number of aryl methyl sites for hydroxylation is 2. The number of hydrogen-bond acceptors (Lipinski definition) is 2. The molecule has 0 atom stereocenters. The van der Waals surface area contributed by atoms with E-state index in [0.717, 1.165) is 23.9 Å². The van der Waals surface area contributed by atoms with E-state index in [2.05, 4.69) is 38.1 Å². The molecule has 0 amide bonds. The SMILES string of the molecule is CCCCCCCCCc1ccnc2c1ccc1c(CCCCCCCCC)ccnc12. The molecule has 32 heavy (non-hydrogen) atoms. The molecular weight excluding hydrogens is 388 g/mol. The zero-order chi connectivity index (χ0) is 22.4. The third kappa shape index (κ3) is 7.29. The van der Waals surface area contributed by atoms with Gasteiger partial charge in [-0.3, -0.25) is 9.97 Å². The number of nitrogens with zero attached hydrogens (tertiary/aromatic N) is 2. The summed E-state index contributed by atoms with van der Waals surface area (Å²) in [6.07, 6.45) is 25.2. The lowest BCUT2D eigenvalue weighted by Gasteiger charge is -2.11. The molecule has 1 aromatic carbocycles. The number of hydrogen-bond donors (Lipinski definition) is 0. The minimum Gasteiger partial charge on any atom is -0.254 e. The summed E-state index contributed by atoms with van der Waals surface area (Å²) < 4.78 is 0. The largest absolute Gasteiger partial charge is 0.254 e. The van der Waals surface area contributed by atoms with Crippen LogP contribution in [0.1, 0.15) is 115 Å². The van der Waals surface area contributed by atoms with Crippen molar-refractivity contribution in [3.63, 3.8) is 0 Å². The van der Waals surface area contributed by atoms with E-state index in [9.17, 15) is 0 Å². The summed E-state index contributed by atoms with van der Waals surface area (Å²) in [7, 11) is 0. The van der Waals surface area contributed by atoms with E-state index in [1.54, 1.807) is 0 Å². The van der Waals surface area contributed by atoms with Gasteiger partial charge in [0.2, 0.25) is 0 Å². The average molecular weight is 433 g/mol. The number of fused-ring (bicyclic) bond motifs is 3. The zero-order valence-corrected chi connectivity index (χ0v) is 20.7. The highest BCUT2D eigenvalue weighted by Gasteiger charge is 2.10. The van der Waals surface area contributed by atoms with Crippen LogP contribution in [0.2, 0.25) is 0 Å². The highest BCUT2D eigenvalue weighted by atomic mass is 14.7. The van der Waals surface area contributed by atoms with Gasteiger partial charge in [-0.05, 0) is 48.9 Å². The molecule has 0 N–H and O–H groups in total. The first kappa shape index (κ1) is 24.7. The van der Waals surface area contributed by atoms with Crippen molar-refractivity contribution in [3.05, 3.63) is 47.8 Å². The summed E-state index contributed by atoms with van der Waals surface area (Å²) in [5.74, 6) is 0. The van der Waals surface area contributed by atoms with Gasteiger partial charge in [-0.1, -0.05) is 103 Å². The monoisotopic (exact) mass is 432 g/mol. The van der Waals surface area contributed by atoms with Crippen LogP contribution in [0.5, 0.6) is 0 Å². The van der Waals surface area contributed by atoms with Crippen LogP contribution in [0.3, 0.4) is 0 Å². The van der Waals surface area contributed by atoms with Gasteiger partial charge >= 0.3 is 0 Å². The maximum absolute atomic E-state index is 4.77. The van der Waals surface area contributed by atoms with Crippen LogP contribution in [-0.4, -0.2) is 9.97 Å². The number of aromatic nitrogens is 2. The van der Waals surface area contributed by atoms with Gasteiger partial charge in [0.25, 0.3) is 0 Å². The standard InChI is InChI=1S/C30H44N2/c1-3-5-7-9-11-13-15-17-25-21-23-31-29-27(25)19-20-28-26(22-24-32-30(28)29)18-16-14-12-10-8-6-4-2/h19-24H,3-18H2,1-2H3. The highest BCUT2D eigenvalue weighted by molar-refractivity contribution is 6.04. The average Bonchev–Trinajstić information content (AvgIpc) is 2.83. The number of rotatable bonds is 16. The first-order chi connectivity index (χ1) is 15.8. The fourth-order valence-corrected chi connectivity index (χ4v) is 4.92. The molecular formula is C30H44N2. The predicted molar refractivity (Wildman–Crippen MR) is 140 cm³/mol. The van der Waals surface area contributed by atoms with Crippen molar-refractivity contribution in [3.8, 4) is 0 Å². The van der Waals surface area contributed by atoms with Gasteiger partial charge in [0.05, 0.1) is 11.0 Å². The molecule has 0 saturated carbocycles. The molecule has 0 aliphatic rings. The molecule has 3 aromatic rings. The van der Waals surface area contributed by atoms with E-state index in [4.69, 9.17) is 9.97 Å². The van der Waals surface area contributed by atoms with E-state index in [1.807, 2.05) is 12.4 Å². The predicted octanol–water partition coefficient (Wildman–Crippen LogP) is 9.37. The molecule has 174 valence electrons. The summed E-state index contributed by atoms with van der Waals surface area (Å²) >= 11 is 0. The lowest BCUT2D eigenvalue weighted by atomic mass is 9.97. The Balaban J connectivity index is 1.61. The fraction of sp³-hybridized carbons (Fsp3) is 0.600. The topological polar surface area (TPSA) is 25.8 Å². The Morgan fingerprint density at radius 3 is 1.25 bits per heavy atom. The molecule has 2 heteroatoms. The maximum Gasteiger partial charge on any atom is 0.0967 e. The molecule has 0 unspecified atom stereocenters. The second-order valence-corrected chi connectivity index (χ2v) is 9.54. The lowest BCUT2D eigenvalue weighted by Crippen LogP contribution is -1.95. The molecule has 0 fully saturated rings. The Morgan fingerprint density at radius 1 is 0.469 bits per heavy atom. The van der Waals surface area contributed by atoms with Crippen LogP contribution >= 0.6 is 0 Å². The molecule has 2 aromatic heterocycles. The molecule has 0 aliphatic heterocycles. The van der Waals surface area contributed by atoms with E-state index in [0.29, 0.717) is 0 Å². The van der Waals surface area contributed by atoms with Crippen LogP contribution in [0.25, 0.3) is 21.8 Å². The molecule has 2 heterocycles. The molecule has 0 spiro atoms. The highest BCUT2D eigenvalue weighted by Crippen LogP contribution is 2.28. The summed E-state index contributed by atoms with van der Waals surface area (Å²) in [5, 5.41) is 2.60. The Kier molecular flexibility index (Phi) is 11.0. The molecule has 3 rings (SSSR count). The van der Waals surface area contributed by atoms with Gasteiger partial charge in [0, 0.05) is 23.2 Å². The van der Waals surface area contributed by atoms with Crippen molar-refractivity contribution in [2.24, 2.45) is 0 Å². The Morgan fingerprint density at radius 2 is 0.844 bits per heavy atom. The smallest absolute Gasteiger partial charge is 0.0967 e. The minimum absolute atomic E-state index is 1.09. The van der Waals surface area contributed by atoms with Crippen molar-refractivity contribution in [1.82, 2.24) is 9.97 Å². The van der Waals surface area contributed by atoms with Crippen LogP contribution in [-0.2, 0) is 12.8 Å². The molecule has 0 saturated heterocycles. The Bertz CT molecular complexity index is 854. The van der Waals surface area contributed by atoms with Gasteiger partial charge in [0.15, 0.2) is 0 Å². The summed E-state index contributed by atoms with van der Waals surface area (Å²) in [5.41, 5.74) is 5.04. The van der Waals surface area contributed by atoms with Gasteiger partial charge in [-0.15, -0.1) is 0 Å². The van der Waals surface area contributed by atoms with Crippen LogP contribution < -0.4 is 0 Å². The number of unbranched alkanes of at least 4 members (excludes halogenated alkanes) is 12. The third-order valence-electron chi connectivity index (χ3n) is 6.90. The van der Waals surface area contributed by atoms with Gasteiger partial charge in [-0.25, -0.2) is 0 Å². The van der Waals surface area contributed by atoms with Gasteiger partial charge < -0.3 is 0 Å². The lowest BCUT2D eigenvalue weighted by molar-refractivity contribution is 0.590. The second kappa shape index (κ2) is 14.2. The first-order valence-corrected chi connectivity index (χ1v) is 13.5. The van der Waals surface area contributed by atoms with E-state index < -0.39 is 0 Å². The first-order valence-electron chi connectivity index (χ1n) is 13.5. The quantitative estimate of drug-likeness (QED) is 0.166. The van der Waals surface area contributed by atoms with E-state index in [1.165, 1.54) is 112 Å². The molecule has 2 nitrogen and oxygen atoms in total. The van der Waals surface area contributed by atoms with E-state index >= 15 is 0 Å². The van der Waals surface area contributed by atoms with Crippen LogP contribution in [0.4, 0.5) is 0 Å². The van der Waals surface area contributed by atoms with Crippen molar-refractivity contribution in [2.75, 3.05) is 0 Å². The van der Waals surface area contributed by atoms with Crippen LogP contribution in [0.15, 0.2) is 36.7 Å². The van der Waals surface area contributed by atoms with Gasteiger partial charge in [0.1, 0.15) is 0 Å². The summed E-state index contributed by atoms with van der Waals surface area (Å²) in [6, 6.07) is 9.04. The third-order valence-corrected chi connectivity index (χ3v) is 6.90. The Hall–Kier alpha value is -1.96.